The molecule has 178 valence electrons. The van der Waals surface area contributed by atoms with E-state index >= 15 is 0 Å². The van der Waals surface area contributed by atoms with Crippen LogP contribution in [0.1, 0.15) is 6.92 Å². The number of nitrogens with zero attached hydrogens (tertiary/aromatic N) is 4. The van der Waals surface area contributed by atoms with Crippen molar-refractivity contribution in [3.63, 3.8) is 0 Å². The van der Waals surface area contributed by atoms with E-state index in [0.717, 1.165) is 55.5 Å². The average Bonchev–Trinajstić information content (AvgIpc) is 3.29. The molecule has 2 heterocycles. The first-order valence-corrected chi connectivity index (χ1v) is 12.3. The second-order valence-electron chi connectivity index (χ2n) is 9.02. The molecule has 0 N–H and O–H groups in total. The van der Waals surface area contributed by atoms with Gasteiger partial charge in [0.15, 0.2) is 0 Å². The van der Waals surface area contributed by atoms with Crippen LogP contribution in [0.4, 0.5) is 0 Å². The molecule has 0 spiro atoms. The zero-order chi connectivity index (χ0) is 25.4. The van der Waals surface area contributed by atoms with Gasteiger partial charge in [-0.1, -0.05) is 91.0 Å². The van der Waals surface area contributed by atoms with E-state index in [2.05, 4.69) is 97.1 Å². The molecule has 0 saturated carbocycles. The lowest BCUT2D eigenvalue weighted by molar-refractivity contribution is 0.959. The second-order valence-corrected chi connectivity index (χ2v) is 9.02. The van der Waals surface area contributed by atoms with Crippen molar-refractivity contribution in [3.05, 3.63) is 116 Å². The van der Waals surface area contributed by atoms with Crippen molar-refractivity contribution in [1.29, 1.82) is 0 Å². The third-order valence-electron chi connectivity index (χ3n) is 6.64. The number of aromatic nitrogens is 4. The lowest BCUT2D eigenvalue weighted by Gasteiger charge is -2.10. The molecule has 37 heavy (non-hydrogen) atoms. The van der Waals surface area contributed by atoms with E-state index in [1.807, 2.05) is 31.3 Å². The number of rotatable bonds is 2. The maximum Gasteiger partial charge on any atom is 0.140 e. The van der Waals surface area contributed by atoms with Crippen molar-refractivity contribution >= 4 is 43.6 Å². The Morgan fingerprint density at radius 1 is 0.676 bits per heavy atom. The van der Waals surface area contributed by atoms with Crippen LogP contribution in [0, 0.1) is 0 Å². The fourth-order valence-electron chi connectivity index (χ4n) is 4.97. The summed E-state index contributed by atoms with van der Waals surface area (Å²) in [5.74, 6) is 0.954. The van der Waals surface area contributed by atoms with E-state index in [-0.39, 0.29) is 0 Å². The summed E-state index contributed by atoms with van der Waals surface area (Å²) in [5.41, 5.74) is 6.86. The number of hydrogen-bond donors (Lipinski definition) is 0. The summed E-state index contributed by atoms with van der Waals surface area (Å²) in [6, 6.07) is 33.5. The first-order chi connectivity index (χ1) is 18.2. The minimum absolute atomic E-state index is 0.849. The number of aryl methyl sites for hydroxylation is 1. The van der Waals surface area contributed by atoms with Crippen molar-refractivity contribution in [1.82, 2.24) is 19.5 Å². The summed E-state index contributed by atoms with van der Waals surface area (Å²) in [6.07, 6.45) is 3.63. The van der Waals surface area contributed by atoms with Crippen LogP contribution in [0.15, 0.2) is 116 Å². The summed E-state index contributed by atoms with van der Waals surface area (Å²) in [4.78, 5) is 15.0. The number of fused-ring (bicyclic) bond motifs is 7. The molecule has 0 aliphatic rings. The number of allylic oxidation sites excluding steroid dienone is 1. The maximum atomic E-state index is 5.12. The molecule has 0 amide bonds. The van der Waals surface area contributed by atoms with E-state index in [0.29, 0.717) is 0 Å². The van der Waals surface area contributed by atoms with Gasteiger partial charge in [-0.25, -0.2) is 9.97 Å². The molecule has 0 unspecified atom stereocenters. The molecule has 0 aliphatic heterocycles. The molecular weight excluding hydrogens is 452 g/mol. The van der Waals surface area contributed by atoms with E-state index in [4.69, 9.17) is 15.0 Å². The molecule has 2 aromatic heterocycles. The van der Waals surface area contributed by atoms with Gasteiger partial charge in [-0.3, -0.25) is 4.98 Å². The van der Waals surface area contributed by atoms with Gasteiger partial charge in [0.25, 0.3) is 0 Å². The fraction of sp³-hybridized carbons (Fsp3) is 0.0606. The van der Waals surface area contributed by atoms with Crippen LogP contribution in [0.5, 0.6) is 0 Å². The normalized spacial score (nSPS) is 11.1. The molecule has 4 heteroatoms. The first kappa shape index (κ1) is 22.6. The topological polar surface area (TPSA) is 43.6 Å². The Labute approximate surface area is 215 Å². The molecule has 7 rings (SSSR count). The summed E-state index contributed by atoms with van der Waals surface area (Å²) in [6.45, 7) is 5.25. The monoisotopic (exact) mass is 478 g/mol. The highest BCUT2D eigenvalue weighted by molar-refractivity contribution is 6.23. The zero-order valence-corrected chi connectivity index (χ0v) is 20.9. The molecule has 0 aliphatic carbocycles. The van der Waals surface area contributed by atoms with Crippen LogP contribution in [0.25, 0.3) is 66.3 Å². The summed E-state index contributed by atoms with van der Waals surface area (Å²) in [7, 11) is 2.06. The van der Waals surface area contributed by atoms with Crippen LogP contribution < -0.4 is 0 Å². The van der Waals surface area contributed by atoms with Crippen LogP contribution in [-0.2, 0) is 7.05 Å². The predicted octanol–water partition coefficient (Wildman–Crippen LogP) is 8.35. The van der Waals surface area contributed by atoms with Gasteiger partial charge in [0, 0.05) is 28.9 Å². The fourth-order valence-corrected chi connectivity index (χ4v) is 4.97. The Balaban J connectivity index is 0.000000804. The molecule has 0 atom stereocenters. The van der Waals surface area contributed by atoms with Gasteiger partial charge >= 0.3 is 0 Å². The van der Waals surface area contributed by atoms with Crippen molar-refractivity contribution in [2.45, 2.75) is 6.92 Å². The van der Waals surface area contributed by atoms with E-state index in [1.165, 1.54) is 10.8 Å². The second kappa shape index (κ2) is 9.32. The third-order valence-corrected chi connectivity index (χ3v) is 6.64. The lowest BCUT2D eigenvalue weighted by Crippen LogP contribution is -1.93. The Kier molecular flexibility index (Phi) is 5.70. The van der Waals surface area contributed by atoms with Gasteiger partial charge in [-0.2, -0.15) is 0 Å². The van der Waals surface area contributed by atoms with Crippen molar-refractivity contribution < 1.29 is 0 Å². The number of benzene rings is 5. The SMILES string of the molecule is C=CC.Cn1c(-c2ccccc2)nc2cc(-c3cnc4c5ccccc5c5ccccc5c4n3)ccc21. The Bertz CT molecular complexity index is 1880. The Morgan fingerprint density at radius 2 is 1.27 bits per heavy atom. The minimum atomic E-state index is 0.849. The minimum Gasteiger partial charge on any atom is -0.327 e. The summed E-state index contributed by atoms with van der Waals surface area (Å²) in [5, 5.41) is 4.65. The van der Waals surface area contributed by atoms with Crippen molar-refractivity contribution in [3.8, 4) is 22.6 Å². The van der Waals surface area contributed by atoms with Gasteiger partial charge in [-0.15, -0.1) is 6.58 Å². The highest BCUT2D eigenvalue weighted by Gasteiger charge is 2.14. The number of imidazole rings is 1. The van der Waals surface area contributed by atoms with Crippen LogP contribution in [-0.4, -0.2) is 19.5 Å². The molecule has 0 fully saturated rings. The summed E-state index contributed by atoms with van der Waals surface area (Å²) >= 11 is 0. The standard InChI is InChI=1S/C30H20N4.C3H6/c1-34-27-16-15-20(17-25(27)33-30(34)19-9-3-2-4-10-19)26-18-31-28-23-13-7-5-11-21(23)22-12-6-8-14-24(22)29(28)32-26;1-3-2/h2-18H,1H3;3H,1H2,2H3. The van der Waals surface area contributed by atoms with Crippen molar-refractivity contribution in [2.24, 2.45) is 7.05 Å². The molecule has 4 nitrogen and oxygen atoms in total. The van der Waals surface area contributed by atoms with Crippen LogP contribution in [0.3, 0.4) is 0 Å². The maximum absolute atomic E-state index is 5.12. The van der Waals surface area contributed by atoms with Crippen LogP contribution in [0.2, 0.25) is 0 Å². The average molecular weight is 479 g/mol. The lowest BCUT2D eigenvalue weighted by atomic mass is 9.99. The van der Waals surface area contributed by atoms with E-state index in [1.54, 1.807) is 6.08 Å². The van der Waals surface area contributed by atoms with Gasteiger partial charge in [-0.05, 0) is 29.8 Å². The zero-order valence-electron chi connectivity index (χ0n) is 20.9. The van der Waals surface area contributed by atoms with Gasteiger partial charge < -0.3 is 4.57 Å². The first-order valence-electron chi connectivity index (χ1n) is 12.3. The van der Waals surface area contributed by atoms with Gasteiger partial charge in [0.2, 0.25) is 0 Å². The third kappa shape index (κ3) is 3.83. The molecular formula is C33H26N4. The molecule has 0 saturated heterocycles. The number of hydrogen-bond acceptors (Lipinski definition) is 3. The molecule has 5 aromatic carbocycles. The smallest absolute Gasteiger partial charge is 0.140 e. The van der Waals surface area contributed by atoms with Gasteiger partial charge in [0.1, 0.15) is 5.82 Å². The van der Waals surface area contributed by atoms with Crippen molar-refractivity contribution in [2.75, 3.05) is 0 Å². The largest absolute Gasteiger partial charge is 0.327 e. The van der Waals surface area contributed by atoms with Crippen LogP contribution >= 0.6 is 0 Å². The van der Waals surface area contributed by atoms with E-state index in [9.17, 15) is 0 Å². The highest BCUT2D eigenvalue weighted by atomic mass is 15.1. The van der Waals surface area contributed by atoms with E-state index < -0.39 is 0 Å². The van der Waals surface area contributed by atoms with Gasteiger partial charge in [0.05, 0.1) is 34.0 Å². The Hall–Kier alpha value is -4.83. The molecule has 0 bridgehead atoms. The quantitative estimate of drug-likeness (QED) is 0.185. The summed E-state index contributed by atoms with van der Waals surface area (Å²) < 4.78 is 2.14. The molecule has 7 aromatic rings. The molecule has 0 radical (unpaired) electrons. The Morgan fingerprint density at radius 3 is 1.95 bits per heavy atom. The predicted molar refractivity (Wildman–Crippen MR) is 156 cm³/mol. The highest BCUT2D eigenvalue weighted by Crippen LogP contribution is 2.34.